The highest BCUT2D eigenvalue weighted by molar-refractivity contribution is 7.10. The van der Waals surface area contributed by atoms with Gasteiger partial charge in [-0.1, -0.05) is 30.6 Å². The van der Waals surface area contributed by atoms with Crippen molar-refractivity contribution in [3.05, 3.63) is 15.8 Å². The number of nitrogens with zero attached hydrogens (tertiary/aromatic N) is 2. The van der Waals surface area contributed by atoms with Gasteiger partial charge in [-0.15, -0.1) is 0 Å². The van der Waals surface area contributed by atoms with E-state index in [9.17, 15) is 9.18 Å². The third-order valence-electron chi connectivity index (χ3n) is 4.75. The number of thiazole rings is 1. The number of aromatic nitrogens is 1. The van der Waals surface area contributed by atoms with Crippen molar-refractivity contribution >= 4 is 17.2 Å². The first-order valence-corrected chi connectivity index (χ1v) is 8.46. The monoisotopic (exact) mass is 314 g/mol. The summed E-state index contributed by atoms with van der Waals surface area (Å²) in [5, 5.41) is -0.642. The number of carbonyl (C=O) groups is 1. The molecule has 2 aliphatic carbocycles. The molecule has 1 aromatic rings. The zero-order valence-corrected chi connectivity index (χ0v) is 13.0. The molecule has 6 heteroatoms. The summed E-state index contributed by atoms with van der Waals surface area (Å²) in [5.41, 5.74) is -1.65. The Balaban J connectivity index is 1.86. The number of hydrogen-bond donors (Lipinski definition) is 0. The lowest BCUT2D eigenvalue weighted by atomic mass is 9.86. The standard InChI is InChI=1S/C15H20F2N2OS/c1-19(10-6-3-2-4-7-10)13(20)15(17)9-5-8-11-12(15)21-14(16)18-11/h10H,2-9H2,1H3. The molecule has 1 saturated carbocycles. The molecule has 1 fully saturated rings. The zero-order valence-electron chi connectivity index (χ0n) is 12.2. The molecule has 21 heavy (non-hydrogen) atoms. The molecule has 0 aliphatic heterocycles. The molecule has 0 radical (unpaired) electrons. The quantitative estimate of drug-likeness (QED) is 0.836. The van der Waals surface area contributed by atoms with Crippen molar-refractivity contribution in [2.75, 3.05) is 7.05 Å². The molecule has 1 unspecified atom stereocenters. The summed E-state index contributed by atoms with van der Waals surface area (Å²) in [6.45, 7) is 0. The lowest BCUT2D eigenvalue weighted by Crippen LogP contribution is -2.48. The van der Waals surface area contributed by atoms with Gasteiger partial charge in [0.05, 0.1) is 10.6 Å². The Labute approximate surface area is 127 Å². The molecule has 1 aromatic heterocycles. The van der Waals surface area contributed by atoms with Gasteiger partial charge in [-0.2, -0.15) is 4.39 Å². The average Bonchev–Trinajstić information content (AvgIpc) is 2.89. The number of rotatable bonds is 2. The van der Waals surface area contributed by atoms with Crippen LogP contribution in [-0.4, -0.2) is 28.9 Å². The Morgan fingerprint density at radius 2 is 2.05 bits per heavy atom. The maximum absolute atomic E-state index is 15.4. The highest BCUT2D eigenvalue weighted by Gasteiger charge is 2.48. The number of fused-ring (bicyclic) bond motifs is 1. The minimum Gasteiger partial charge on any atom is -0.340 e. The van der Waals surface area contributed by atoms with Crippen LogP contribution < -0.4 is 0 Å². The predicted molar refractivity (Wildman–Crippen MR) is 77.4 cm³/mol. The Morgan fingerprint density at radius 3 is 2.76 bits per heavy atom. The summed E-state index contributed by atoms with van der Waals surface area (Å²) in [5.74, 6) is -0.515. The minimum atomic E-state index is -2.08. The molecule has 1 amide bonds. The maximum atomic E-state index is 15.4. The summed E-state index contributed by atoms with van der Waals surface area (Å²) in [4.78, 5) is 18.2. The van der Waals surface area contributed by atoms with Crippen LogP contribution in [0.2, 0.25) is 0 Å². The molecule has 0 bridgehead atoms. The molecule has 0 N–H and O–H groups in total. The van der Waals surface area contributed by atoms with E-state index >= 15 is 4.39 Å². The fourth-order valence-electron chi connectivity index (χ4n) is 3.53. The van der Waals surface area contributed by atoms with E-state index in [1.807, 2.05) is 0 Å². The van der Waals surface area contributed by atoms with Crippen molar-refractivity contribution in [3.8, 4) is 0 Å². The fraction of sp³-hybridized carbons (Fsp3) is 0.733. The van der Waals surface area contributed by atoms with Crippen LogP contribution in [0.5, 0.6) is 0 Å². The van der Waals surface area contributed by atoms with Crippen molar-refractivity contribution in [2.24, 2.45) is 0 Å². The lowest BCUT2D eigenvalue weighted by molar-refractivity contribution is -0.147. The molecule has 0 aromatic carbocycles. The van der Waals surface area contributed by atoms with Crippen molar-refractivity contribution in [2.45, 2.75) is 63.1 Å². The maximum Gasteiger partial charge on any atom is 0.269 e. The largest absolute Gasteiger partial charge is 0.340 e. The van der Waals surface area contributed by atoms with Crippen LogP contribution in [0.25, 0.3) is 0 Å². The third-order valence-corrected chi connectivity index (χ3v) is 5.77. The molecule has 2 aliphatic rings. The molecular formula is C15H20F2N2OS. The van der Waals surface area contributed by atoms with E-state index in [1.165, 1.54) is 6.42 Å². The van der Waals surface area contributed by atoms with E-state index in [4.69, 9.17) is 0 Å². The molecule has 116 valence electrons. The summed E-state index contributed by atoms with van der Waals surface area (Å²) >= 11 is 0.689. The summed E-state index contributed by atoms with van der Waals surface area (Å²) in [7, 11) is 1.69. The molecular weight excluding hydrogens is 294 g/mol. The van der Waals surface area contributed by atoms with Gasteiger partial charge in [-0.05, 0) is 32.1 Å². The highest BCUT2D eigenvalue weighted by Crippen LogP contribution is 2.43. The third kappa shape index (κ3) is 2.58. The van der Waals surface area contributed by atoms with Crippen LogP contribution in [0.3, 0.4) is 0 Å². The Bertz CT molecular complexity index is 542. The number of likely N-dealkylation sites (N-methyl/N-ethyl adjacent to an activating group) is 1. The van der Waals surface area contributed by atoms with E-state index in [2.05, 4.69) is 4.98 Å². The van der Waals surface area contributed by atoms with Gasteiger partial charge in [-0.3, -0.25) is 4.79 Å². The Morgan fingerprint density at radius 1 is 1.33 bits per heavy atom. The van der Waals surface area contributed by atoms with Gasteiger partial charge in [0.25, 0.3) is 11.2 Å². The zero-order chi connectivity index (χ0) is 15.0. The first kappa shape index (κ1) is 14.9. The van der Waals surface area contributed by atoms with E-state index in [0.29, 0.717) is 29.9 Å². The molecule has 3 nitrogen and oxygen atoms in total. The number of alkyl halides is 1. The van der Waals surface area contributed by atoms with E-state index in [0.717, 1.165) is 25.7 Å². The number of halogens is 2. The van der Waals surface area contributed by atoms with Crippen LogP contribution >= 0.6 is 11.3 Å². The average molecular weight is 314 g/mol. The van der Waals surface area contributed by atoms with Gasteiger partial charge in [0.2, 0.25) is 5.67 Å². The SMILES string of the molecule is CN(C(=O)C1(F)CCCc2nc(F)sc21)C1CCCCC1. The second kappa shape index (κ2) is 5.63. The molecule has 1 heterocycles. The number of amides is 1. The minimum absolute atomic E-state index is 0.113. The molecule has 3 rings (SSSR count). The summed E-state index contributed by atoms with van der Waals surface area (Å²) in [6, 6.07) is 0.113. The van der Waals surface area contributed by atoms with Gasteiger partial charge < -0.3 is 4.90 Å². The smallest absolute Gasteiger partial charge is 0.269 e. The van der Waals surface area contributed by atoms with E-state index < -0.39 is 16.8 Å². The predicted octanol–water partition coefficient (Wildman–Crippen LogP) is 3.57. The van der Waals surface area contributed by atoms with Gasteiger partial charge >= 0.3 is 0 Å². The molecule has 0 saturated heterocycles. The molecule has 0 spiro atoms. The van der Waals surface area contributed by atoms with Crippen LogP contribution in [0, 0.1) is 5.26 Å². The Kier molecular flexibility index (Phi) is 3.99. The van der Waals surface area contributed by atoms with E-state index in [1.54, 1.807) is 11.9 Å². The normalized spacial score (nSPS) is 26.4. The van der Waals surface area contributed by atoms with Crippen LogP contribution in [0.15, 0.2) is 0 Å². The number of hydrogen-bond acceptors (Lipinski definition) is 3. The first-order valence-electron chi connectivity index (χ1n) is 7.64. The van der Waals surface area contributed by atoms with Gasteiger partial charge in [-0.25, -0.2) is 9.37 Å². The summed E-state index contributed by atoms with van der Waals surface area (Å²) < 4.78 is 28.8. The topological polar surface area (TPSA) is 33.2 Å². The van der Waals surface area contributed by atoms with E-state index in [-0.39, 0.29) is 17.3 Å². The first-order chi connectivity index (χ1) is 10.0. The summed E-state index contributed by atoms with van der Waals surface area (Å²) in [6.07, 6.45) is 6.45. The second-order valence-corrected chi connectivity index (χ2v) is 7.05. The van der Waals surface area contributed by atoms with Crippen molar-refractivity contribution < 1.29 is 13.6 Å². The second-order valence-electron chi connectivity index (χ2n) is 6.11. The van der Waals surface area contributed by atoms with Crippen molar-refractivity contribution in [1.82, 2.24) is 9.88 Å². The van der Waals surface area contributed by atoms with Crippen molar-refractivity contribution in [1.29, 1.82) is 0 Å². The van der Waals surface area contributed by atoms with Crippen LogP contribution in [0.1, 0.15) is 55.5 Å². The number of carbonyl (C=O) groups excluding carboxylic acids is 1. The van der Waals surface area contributed by atoms with Crippen LogP contribution in [-0.2, 0) is 16.9 Å². The highest BCUT2D eigenvalue weighted by atomic mass is 32.1. The van der Waals surface area contributed by atoms with Gasteiger partial charge in [0, 0.05) is 13.1 Å². The van der Waals surface area contributed by atoms with Crippen LogP contribution in [0.4, 0.5) is 8.78 Å². The molecule has 1 atom stereocenters. The Hall–Kier alpha value is -1.04. The van der Waals surface area contributed by atoms with Gasteiger partial charge in [0.15, 0.2) is 0 Å². The number of aryl methyl sites for hydroxylation is 1. The lowest BCUT2D eigenvalue weighted by Gasteiger charge is -2.37. The fourth-order valence-corrected chi connectivity index (χ4v) is 4.47. The van der Waals surface area contributed by atoms with Gasteiger partial charge in [0.1, 0.15) is 0 Å². The van der Waals surface area contributed by atoms with Crippen molar-refractivity contribution in [3.63, 3.8) is 0 Å².